The predicted octanol–water partition coefficient (Wildman–Crippen LogP) is 3.70. The van der Waals surface area contributed by atoms with Crippen LogP contribution in [0.3, 0.4) is 0 Å². The van der Waals surface area contributed by atoms with E-state index in [-0.39, 0.29) is 30.7 Å². The number of ether oxygens (including phenoxy) is 2. The van der Waals surface area contributed by atoms with Crippen LogP contribution in [0.25, 0.3) is 0 Å². The molecule has 1 aromatic rings. The van der Waals surface area contributed by atoms with E-state index in [1.54, 1.807) is 0 Å². The number of nitrogens with one attached hydrogen (secondary N) is 1. The molecule has 0 bridgehead atoms. The number of carbonyl (C=O) groups is 2. The molecule has 6 nitrogen and oxygen atoms in total. The Balaban J connectivity index is 1.49. The molecule has 1 aliphatic carbocycles. The normalized spacial score (nSPS) is 24.9. The zero-order valence-electron chi connectivity index (χ0n) is 15.7. The minimum atomic E-state index is -0.493. The van der Waals surface area contributed by atoms with Crippen molar-refractivity contribution in [2.75, 3.05) is 6.54 Å². The second-order valence-electron chi connectivity index (χ2n) is 8.08. The van der Waals surface area contributed by atoms with Gasteiger partial charge in [0.05, 0.1) is 0 Å². The van der Waals surface area contributed by atoms with E-state index < -0.39 is 11.7 Å². The van der Waals surface area contributed by atoms with Gasteiger partial charge in [-0.25, -0.2) is 9.59 Å². The summed E-state index contributed by atoms with van der Waals surface area (Å²) in [6.45, 7) is 6.57. The van der Waals surface area contributed by atoms with Crippen molar-refractivity contribution in [3.8, 4) is 0 Å². The maximum absolute atomic E-state index is 12.4. The van der Waals surface area contributed by atoms with E-state index in [0.717, 1.165) is 24.8 Å². The number of benzene rings is 1. The molecule has 1 aromatic carbocycles. The number of carbonyl (C=O) groups excluding carboxylic acids is 2. The molecular formula is C20H28N2O4. The van der Waals surface area contributed by atoms with Gasteiger partial charge in [0.15, 0.2) is 0 Å². The highest BCUT2D eigenvalue weighted by atomic mass is 16.6. The van der Waals surface area contributed by atoms with E-state index in [9.17, 15) is 9.59 Å². The molecule has 1 aliphatic heterocycles. The standard InChI is InChI=1S/C20H28N2O4/c1-20(2,3)26-19(24)22-12-11-15-16(9-10-17(15)22)21-18(23)25-13-14-7-5-4-6-8-14/h4-8,15-17H,9-13H2,1-3H3,(H,21,23). The molecule has 142 valence electrons. The average Bonchev–Trinajstić information content (AvgIpc) is 3.15. The Morgan fingerprint density at radius 1 is 1.15 bits per heavy atom. The number of hydrogen-bond donors (Lipinski definition) is 1. The van der Waals surface area contributed by atoms with Gasteiger partial charge in [0.25, 0.3) is 0 Å². The largest absolute Gasteiger partial charge is 0.445 e. The lowest BCUT2D eigenvalue weighted by Gasteiger charge is -2.28. The first kappa shape index (κ1) is 18.5. The maximum atomic E-state index is 12.4. The Labute approximate surface area is 154 Å². The zero-order chi connectivity index (χ0) is 18.7. The second-order valence-corrected chi connectivity index (χ2v) is 8.08. The molecule has 0 radical (unpaired) electrons. The fourth-order valence-corrected chi connectivity index (χ4v) is 3.92. The van der Waals surface area contributed by atoms with Gasteiger partial charge in [-0.1, -0.05) is 30.3 Å². The van der Waals surface area contributed by atoms with Gasteiger partial charge in [0, 0.05) is 24.5 Å². The van der Waals surface area contributed by atoms with E-state index in [1.807, 2.05) is 56.0 Å². The minimum absolute atomic E-state index is 0.0516. The molecule has 1 saturated heterocycles. The van der Waals surface area contributed by atoms with E-state index in [1.165, 1.54) is 0 Å². The van der Waals surface area contributed by atoms with Crippen LogP contribution < -0.4 is 5.32 Å². The second kappa shape index (κ2) is 7.56. The fourth-order valence-electron chi connectivity index (χ4n) is 3.92. The quantitative estimate of drug-likeness (QED) is 0.892. The van der Waals surface area contributed by atoms with Gasteiger partial charge in [-0.2, -0.15) is 0 Å². The molecule has 0 aromatic heterocycles. The van der Waals surface area contributed by atoms with Crippen LogP contribution in [0.1, 0.15) is 45.6 Å². The number of fused-ring (bicyclic) bond motifs is 1. The Bertz CT molecular complexity index is 641. The molecule has 2 aliphatic rings. The lowest BCUT2D eigenvalue weighted by atomic mass is 10.0. The number of amides is 2. The third-order valence-corrected chi connectivity index (χ3v) is 5.03. The van der Waals surface area contributed by atoms with Crippen molar-refractivity contribution in [2.24, 2.45) is 5.92 Å². The summed E-state index contributed by atoms with van der Waals surface area (Å²) in [7, 11) is 0. The highest BCUT2D eigenvalue weighted by Gasteiger charge is 2.47. The summed E-state index contributed by atoms with van der Waals surface area (Å²) in [4.78, 5) is 26.3. The molecule has 1 saturated carbocycles. The van der Waals surface area contributed by atoms with Crippen LogP contribution in [0.2, 0.25) is 0 Å². The van der Waals surface area contributed by atoms with Gasteiger partial charge >= 0.3 is 12.2 Å². The first-order valence-electron chi connectivity index (χ1n) is 9.30. The van der Waals surface area contributed by atoms with Crippen LogP contribution in [0.5, 0.6) is 0 Å². The Kier molecular flexibility index (Phi) is 5.39. The summed E-state index contributed by atoms with van der Waals surface area (Å²) >= 11 is 0. The average molecular weight is 360 g/mol. The first-order chi connectivity index (χ1) is 12.3. The van der Waals surface area contributed by atoms with Gasteiger partial charge in [0.1, 0.15) is 12.2 Å². The van der Waals surface area contributed by atoms with Crippen molar-refractivity contribution in [3.63, 3.8) is 0 Å². The topological polar surface area (TPSA) is 67.9 Å². The van der Waals surface area contributed by atoms with Gasteiger partial charge in [-0.15, -0.1) is 0 Å². The SMILES string of the molecule is CC(C)(C)OC(=O)N1CCC2C(NC(=O)OCc3ccccc3)CCC21. The zero-order valence-corrected chi connectivity index (χ0v) is 15.7. The van der Waals surface area contributed by atoms with E-state index in [4.69, 9.17) is 9.47 Å². The van der Waals surface area contributed by atoms with Crippen molar-refractivity contribution in [2.45, 2.75) is 64.3 Å². The van der Waals surface area contributed by atoms with Crippen molar-refractivity contribution >= 4 is 12.2 Å². The summed E-state index contributed by atoms with van der Waals surface area (Å²) in [5.41, 5.74) is 0.469. The van der Waals surface area contributed by atoms with E-state index in [0.29, 0.717) is 6.54 Å². The van der Waals surface area contributed by atoms with Crippen LogP contribution in [-0.4, -0.2) is 41.3 Å². The van der Waals surface area contributed by atoms with Gasteiger partial charge in [-0.3, -0.25) is 0 Å². The third kappa shape index (κ3) is 4.48. The molecule has 2 fully saturated rings. The van der Waals surface area contributed by atoms with Crippen molar-refractivity contribution in [3.05, 3.63) is 35.9 Å². The summed E-state index contributed by atoms with van der Waals surface area (Å²) < 4.78 is 10.8. The van der Waals surface area contributed by atoms with Gasteiger partial charge < -0.3 is 19.7 Å². The number of rotatable bonds is 3. The van der Waals surface area contributed by atoms with Gasteiger partial charge in [-0.05, 0) is 45.6 Å². The van der Waals surface area contributed by atoms with Gasteiger partial charge in [0.2, 0.25) is 0 Å². The van der Waals surface area contributed by atoms with Crippen LogP contribution in [0.15, 0.2) is 30.3 Å². The molecule has 3 atom stereocenters. The van der Waals surface area contributed by atoms with Crippen LogP contribution >= 0.6 is 0 Å². The summed E-state index contributed by atoms with van der Waals surface area (Å²) in [6.07, 6.45) is 1.98. The monoisotopic (exact) mass is 360 g/mol. The van der Waals surface area contributed by atoms with Crippen molar-refractivity contribution < 1.29 is 19.1 Å². The Morgan fingerprint density at radius 2 is 1.88 bits per heavy atom. The highest BCUT2D eigenvalue weighted by molar-refractivity contribution is 5.70. The summed E-state index contributed by atoms with van der Waals surface area (Å²) in [6, 6.07) is 9.81. The fraction of sp³-hybridized carbons (Fsp3) is 0.600. The minimum Gasteiger partial charge on any atom is -0.445 e. The Hall–Kier alpha value is -2.24. The maximum Gasteiger partial charge on any atom is 0.410 e. The molecule has 3 rings (SSSR count). The van der Waals surface area contributed by atoms with Crippen molar-refractivity contribution in [1.82, 2.24) is 10.2 Å². The lowest BCUT2D eigenvalue weighted by Crippen LogP contribution is -2.42. The number of likely N-dealkylation sites (tertiary alicyclic amines) is 1. The highest BCUT2D eigenvalue weighted by Crippen LogP contribution is 2.38. The third-order valence-electron chi connectivity index (χ3n) is 5.03. The summed E-state index contributed by atoms with van der Waals surface area (Å²) in [5, 5.41) is 2.99. The van der Waals surface area contributed by atoms with Crippen LogP contribution in [0, 0.1) is 5.92 Å². The van der Waals surface area contributed by atoms with E-state index in [2.05, 4.69) is 5.32 Å². The smallest absolute Gasteiger partial charge is 0.410 e. The molecule has 1 heterocycles. The first-order valence-corrected chi connectivity index (χ1v) is 9.30. The molecular weight excluding hydrogens is 332 g/mol. The molecule has 2 amide bonds. The molecule has 6 heteroatoms. The number of nitrogens with zero attached hydrogens (tertiary/aromatic N) is 1. The molecule has 3 unspecified atom stereocenters. The predicted molar refractivity (Wildman–Crippen MR) is 97.6 cm³/mol. The molecule has 26 heavy (non-hydrogen) atoms. The summed E-state index contributed by atoms with van der Waals surface area (Å²) in [5.74, 6) is 0.270. The number of hydrogen-bond acceptors (Lipinski definition) is 4. The number of alkyl carbamates (subject to hydrolysis) is 1. The van der Waals surface area contributed by atoms with E-state index >= 15 is 0 Å². The van der Waals surface area contributed by atoms with Crippen LogP contribution in [-0.2, 0) is 16.1 Å². The molecule has 1 N–H and O–H groups in total. The Morgan fingerprint density at radius 3 is 2.58 bits per heavy atom. The van der Waals surface area contributed by atoms with Crippen molar-refractivity contribution in [1.29, 1.82) is 0 Å². The molecule has 0 spiro atoms. The van der Waals surface area contributed by atoms with Crippen LogP contribution in [0.4, 0.5) is 9.59 Å². The lowest BCUT2D eigenvalue weighted by molar-refractivity contribution is 0.0217.